The van der Waals surface area contributed by atoms with Crippen molar-refractivity contribution in [3.05, 3.63) is 24.3 Å². The molecule has 0 bridgehead atoms. The monoisotopic (exact) mass is 354 g/mol. The number of nitrogens with one attached hydrogen (secondary N) is 1. The summed E-state index contributed by atoms with van der Waals surface area (Å²) in [6.45, 7) is 2.82. The Morgan fingerprint density at radius 1 is 1.12 bits per heavy atom. The van der Waals surface area contributed by atoms with E-state index in [4.69, 9.17) is 4.98 Å². The highest BCUT2D eigenvalue weighted by Gasteiger charge is 2.29. The van der Waals surface area contributed by atoms with Crippen LogP contribution in [0.3, 0.4) is 0 Å². The Morgan fingerprint density at radius 3 is 2.65 bits per heavy atom. The number of anilines is 1. The van der Waals surface area contributed by atoms with E-state index >= 15 is 0 Å². The Labute approximate surface area is 153 Å². The minimum Gasteiger partial charge on any atom is -0.342 e. The molecular weight excluding hydrogens is 328 g/mol. The molecule has 2 aliphatic rings. The molecule has 26 heavy (non-hydrogen) atoms. The van der Waals surface area contributed by atoms with E-state index in [2.05, 4.69) is 16.0 Å². The van der Waals surface area contributed by atoms with Crippen molar-refractivity contribution in [2.75, 3.05) is 18.4 Å². The SMILES string of the molecule is CC(=O)N1CCCC(C(=O)Nc2nc3ccccc3n2C2CCCC2)C1. The molecule has 1 N–H and O–H groups in total. The standard InChI is InChI=1S/C20H26N4O2/c1-14(25)23-12-6-7-15(13-23)19(26)22-20-21-17-10-4-5-11-18(17)24(20)16-8-2-3-9-16/h4-5,10-11,15-16H,2-3,6-9,12-13H2,1H3,(H,21,22,26). The predicted molar refractivity (Wildman–Crippen MR) is 101 cm³/mol. The van der Waals surface area contributed by atoms with Gasteiger partial charge in [0.1, 0.15) is 0 Å². The number of aromatic nitrogens is 2. The average molecular weight is 354 g/mol. The second kappa shape index (κ2) is 7.09. The lowest BCUT2D eigenvalue weighted by molar-refractivity contribution is -0.132. The highest BCUT2D eigenvalue weighted by Crippen LogP contribution is 2.35. The van der Waals surface area contributed by atoms with Gasteiger partial charge in [0.2, 0.25) is 17.8 Å². The fraction of sp³-hybridized carbons (Fsp3) is 0.550. The summed E-state index contributed by atoms with van der Waals surface area (Å²) < 4.78 is 2.21. The van der Waals surface area contributed by atoms with E-state index in [9.17, 15) is 9.59 Å². The molecule has 138 valence electrons. The summed E-state index contributed by atoms with van der Waals surface area (Å²) >= 11 is 0. The maximum atomic E-state index is 12.9. The molecule has 1 aromatic heterocycles. The molecule has 2 heterocycles. The van der Waals surface area contributed by atoms with Crippen LogP contribution in [0.5, 0.6) is 0 Å². The number of piperidine rings is 1. The molecule has 1 aliphatic carbocycles. The first-order valence-electron chi connectivity index (χ1n) is 9.67. The molecule has 1 atom stereocenters. The van der Waals surface area contributed by atoms with Crippen molar-refractivity contribution in [1.29, 1.82) is 0 Å². The van der Waals surface area contributed by atoms with Gasteiger partial charge in [0, 0.05) is 26.1 Å². The van der Waals surface area contributed by atoms with Crippen LogP contribution < -0.4 is 5.32 Å². The smallest absolute Gasteiger partial charge is 0.231 e. The number of carbonyl (C=O) groups is 2. The van der Waals surface area contributed by atoms with E-state index in [1.807, 2.05) is 18.2 Å². The molecule has 1 aliphatic heterocycles. The van der Waals surface area contributed by atoms with Crippen LogP contribution in [0.1, 0.15) is 51.5 Å². The first-order valence-corrected chi connectivity index (χ1v) is 9.67. The molecule has 2 aromatic rings. The summed E-state index contributed by atoms with van der Waals surface area (Å²) in [7, 11) is 0. The Balaban J connectivity index is 1.59. The second-order valence-electron chi connectivity index (χ2n) is 7.53. The van der Waals surface area contributed by atoms with Gasteiger partial charge in [-0.3, -0.25) is 14.9 Å². The van der Waals surface area contributed by atoms with Crippen molar-refractivity contribution in [3.8, 4) is 0 Å². The molecule has 1 unspecified atom stereocenters. The van der Waals surface area contributed by atoms with Crippen molar-refractivity contribution in [2.45, 2.75) is 51.5 Å². The zero-order chi connectivity index (χ0) is 18.1. The normalized spacial score (nSPS) is 21.3. The highest BCUT2D eigenvalue weighted by atomic mass is 16.2. The molecule has 0 spiro atoms. The van der Waals surface area contributed by atoms with Crippen molar-refractivity contribution >= 4 is 28.8 Å². The molecule has 1 saturated carbocycles. The number of benzene rings is 1. The second-order valence-corrected chi connectivity index (χ2v) is 7.53. The summed E-state index contributed by atoms with van der Waals surface area (Å²) in [5.41, 5.74) is 2.01. The maximum absolute atomic E-state index is 12.9. The number of para-hydroxylation sites is 2. The van der Waals surface area contributed by atoms with Gasteiger partial charge in [0.15, 0.2) is 0 Å². The molecule has 4 rings (SSSR count). The lowest BCUT2D eigenvalue weighted by Crippen LogP contribution is -2.43. The molecule has 2 fully saturated rings. The Hall–Kier alpha value is -2.37. The van der Waals surface area contributed by atoms with Gasteiger partial charge in [-0.2, -0.15) is 0 Å². The van der Waals surface area contributed by atoms with E-state index in [0.717, 1.165) is 43.3 Å². The van der Waals surface area contributed by atoms with Crippen LogP contribution in [-0.2, 0) is 9.59 Å². The quantitative estimate of drug-likeness (QED) is 0.919. The molecule has 6 nitrogen and oxygen atoms in total. The molecule has 1 aromatic carbocycles. The molecule has 1 saturated heterocycles. The fourth-order valence-electron chi connectivity index (χ4n) is 4.35. The van der Waals surface area contributed by atoms with Gasteiger partial charge >= 0.3 is 0 Å². The van der Waals surface area contributed by atoms with Gasteiger partial charge in [-0.05, 0) is 37.8 Å². The van der Waals surface area contributed by atoms with E-state index < -0.39 is 0 Å². The number of hydrogen-bond acceptors (Lipinski definition) is 3. The fourth-order valence-corrected chi connectivity index (χ4v) is 4.35. The first-order chi connectivity index (χ1) is 12.6. The lowest BCUT2D eigenvalue weighted by Gasteiger charge is -2.31. The number of nitrogens with zero attached hydrogens (tertiary/aromatic N) is 3. The molecule has 0 radical (unpaired) electrons. The third-order valence-corrected chi connectivity index (χ3v) is 5.76. The van der Waals surface area contributed by atoms with Crippen molar-refractivity contribution in [1.82, 2.24) is 14.5 Å². The zero-order valence-corrected chi connectivity index (χ0v) is 15.3. The van der Waals surface area contributed by atoms with Gasteiger partial charge in [0.25, 0.3) is 0 Å². The van der Waals surface area contributed by atoms with E-state index in [0.29, 0.717) is 18.5 Å². The van der Waals surface area contributed by atoms with Crippen LogP contribution in [0, 0.1) is 5.92 Å². The number of rotatable bonds is 3. The molecule has 2 amide bonds. The van der Waals surface area contributed by atoms with Crippen molar-refractivity contribution < 1.29 is 9.59 Å². The largest absolute Gasteiger partial charge is 0.342 e. The third-order valence-electron chi connectivity index (χ3n) is 5.76. The molecular formula is C20H26N4O2. The Kier molecular flexibility index (Phi) is 4.66. The lowest BCUT2D eigenvalue weighted by atomic mass is 9.97. The summed E-state index contributed by atoms with van der Waals surface area (Å²) in [5.74, 6) is 0.513. The minimum absolute atomic E-state index is 0.0227. The minimum atomic E-state index is -0.163. The highest BCUT2D eigenvalue weighted by molar-refractivity contribution is 5.93. The van der Waals surface area contributed by atoms with Crippen LogP contribution in [0.2, 0.25) is 0 Å². The summed E-state index contributed by atoms with van der Waals surface area (Å²) in [6.07, 6.45) is 6.40. The van der Waals surface area contributed by atoms with E-state index in [1.54, 1.807) is 11.8 Å². The first kappa shape index (κ1) is 17.1. The van der Waals surface area contributed by atoms with Crippen molar-refractivity contribution in [2.24, 2.45) is 5.92 Å². The van der Waals surface area contributed by atoms with Gasteiger partial charge in [-0.25, -0.2) is 4.98 Å². The number of amides is 2. The van der Waals surface area contributed by atoms with Crippen LogP contribution in [0.4, 0.5) is 5.95 Å². The van der Waals surface area contributed by atoms with Gasteiger partial charge in [-0.15, -0.1) is 0 Å². The Bertz CT molecular complexity index is 822. The van der Waals surface area contributed by atoms with Crippen molar-refractivity contribution in [3.63, 3.8) is 0 Å². The van der Waals surface area contributed by atoms with E-state index in [-0.39, 0.29) is 17.7 Å². The number of carbonyl (C=O) groups excluding carboxylic acids is 2. The van der Waals surface area contributed by atoms with Crippen LogP contribution in [-0.4, -0.2) is 39.4 Å². The summed E-state index contributed by atoms with van der Waals surface area (Å²) in [5, 5.41) is 3.08. The van der Waals surface area contributed by atoms with Crippen LogP contribution >= 0.6 is 0 Å². The average Bonchev–Trinajstić information content (AvgIpc) is 3.28. The van der Waals surface area contributed by atoms with E-state index in [1.165, 1.54) is 12.8 Å². The molecule has 6 heteroatoms. The summed E-state index contributed by atoms with van der Waals surface area (Å²) in [4.78, 5) is 31.0. The number of likely N-dealkylation sites (tertiary alicyclic amines) is 1. The zero-order valence-electron chi connectivity index (χ0n) is 15.3. The van der Waals surface area contributed by atoms with Gasteiger partial charge in [-0.1, -0.05) is 25.0 Å². The third kappa shape index (κ3) is 3.20. The maximum Gasteiger partial charge on any atom is 0.231 e. The van der Waals surface area contributed by atoms with Gasteiger partial charge < -0.3 is 9.47 Å². The Morgan fingerprint density at radius 2 is 1.88 bits per heavy atom. The van der Waals surface area contributed by atoms with Crippen LogP contribution in [0.25, 0.3) is 11.0 Å². The predicted octanol–water partition coefficient (Wildman–Crippen LogP) is 3.35. The van der Waals surface area contributed by atoms with Crippen LogP contribution in [0.15, 0.2) is 24.3 Å². The topological polar surface area (TPSA) is 67.2 Å². The number of hydrogen-bond donors (Lipinski definition) is 1. The number of imidazole rings is 1. The number of fused-ring (bicyclic) bond motifs is 1. The van der Waals surface area contributed by atoms with Gasteiger partial charge in [0.05, 0.1) is 17.0 Å². The summed E-state index contributed by atoms with van der Waals surface area (Å²) in [6, 6.07) is 8.47.